The van der Waals surface area contributed by atoms with Crippen molar-refractivity contribution in [1.29, 1.82) is 5.26 Å². The molecule has 4 heteroatoms. The minimum absolute atomic E-state index is 0.0403. The van der Waals surface area contributed by atoms with Gasteiger partial charge in [-0.05, 0) is 18.9 Å². The molecular formula is C13H15N3O. The van der Waals surface area contributed by atoms with E-state index in [-0.39, 0.29) is 5.91 Å². The summed E-state index contributed by atoms with van der Waals surface area (Å²) in [5.74, 6) is -0.0403. The fourth-order valence-electron chi connectivity index (χ4n) is 2.28. The molecule has 88 valence electrons. The van der Waals surface area contributed by atoms with Gasteiger partial charge < -0.3 is 4.90 Å². The Labute approximate surface area is 101 Å². The van der Waals surface area contributed by atoms with Gasteiger partial charge >= 0.3 is 0 Å². The van der Waals surface area contributed by atoms with Gasteiger partial charge in [0, 0.05) is 25.5 Å². The molecule has 1 aromatic rings. The van der Waals surface area contributed by atoms with Gasteiger partial charge in [-0.2, -0.15) is 5.26 Å². The maximum Gasteiger partial charge on any atom is 0.255 e. The Hall–Kier alpha value is -1.89. The van der Waals surface area contributed by atoms with Gasteiger partial charge in [0.1, 0.15) is 6.07 Å². The van der Waals surface area contributed by atoms with Crippen molar-refractivity contribution in [3.8, 4) is 6.07 Å². The van der Waals surface area contributed by atoms with Crippen LogP contribution in [0.5, 0.6) is 0 Å². The normalized spacial score (nSPS) is 15.5. The summed E-state index contributed by atoms with van der Waals surface area (Å²) in [6, 6.07) is 3.94. The second-order valence-electron chi connectivity index (χ2n) is 4.43. The Balaban J connectivity index is 2.15. The number of nitriles is 1. The van der Waals surface area contributed by atoms with Gasteiger partial charge in [-0.1, -0.05) is 12.8 Å². The molecule has 2 rings (SSSR count). The fraction of sp³-hybridized carbons (Fsp3) is 0.462. The SMILES string of the molecule is CN(C(=O)c1cncc(C#N)c1)C1CCCC1. The van der Waals surface area contributed by atoms with Gasteiger partial charge in [-0.25, -0.2) is 0 Å². The molecule has 1 fully saturated rings. The molecule has 0 atom stereocenters. The second kappa shape index (κ2) is 4.96. The summed E-state index contributed by atoms with van der Waals surface area (Å²) in [6.07, 6.45) is 7.53. The van der Waals surface area contributed by atoms with Crippen LogP contribution in [0, 0.1) is 11.3 Å². The van der Waals surface area contributed by atoms with Gasteiger partial charge in [0.15, 0.2) is 0 Å². The topological polar surface area (TPSA) is 57.0 Å². The summed E-state index contributed by atoms with van der Waals surface area (Å²) in [4.78, 5) is 17.9. The molecule has 0 saturated heterocycles. The lowest BCUT2D eigenvalue weighted by Gasteiger charge is -2.24. The Bertz CT molecular complexity index is 458. The minimum Gasteiger partial charge on any atom is -0.339 e. The molecule has 0 aliphatic heterocycles. The summed E-state index contributed by atoms with van der Waals surface area (Å²) in [5, 5.41) is 8.78. The van der Waals surface area contributed by atoms with Crippen LogP contribution in [0.15, 0.2) is 18.5 Å². The van der Waals surface area contributed by atoms with E-state index in [1.165, 1.54) is 25.2 Å². The summed E-state index contributed by atoms with van der Waals surface area (Å²) in [7, 11) is 1.83. The van der Waals surface area contributed by atoms with Crippen LogP contribution in [0.2, 0.25) is 0 Å². The van der Waals surface area contributed by atoms with Gasteiger partial charge in [0.25, 0.3) is 5.91 Å². The van der Waals surface area contributed by atoms with Crippen LogP contribution in [0.25, 0.3) is 0 Å². The van der Waals surface area contributed by atoms with Crippen molar-refractivity contribution in [3.05, 3.63) is 29.6 Å². The van der Waals surface area contributed by atoms with Crippen molar-refractivity contribution in [2.75, 3.05) is 7.05 Å². The Morgan fingerprint density at radius 3 is 2.82 bits per heavy atom. The first-order chi connectivity index (χ1) is 8.22. The molecule has 0 bridgehead atoms. The Morgan fingerprint density at radius 2 is 2.18 bits per heavy atom. The first-order valence-electron chi connectivity index (χ1n) is 5.84. The van der Waals surface area contributed by atoms with Crippen LogP contribution in [0.4, 0.5) is 0 Å². The van der Waals surface area contributed by atoms with Crippen LogP contribution >= 0.6 is 0 Å². The summed E-state index contributed by atoms with van der Waals surface area (Å²) in [5.41, 5.74) is 0.925. The van der Waals surface area contributed by atoms with E-state index in [2.05, 4.69) is 4.98 Å². The zero-order valence-corrected chi connectivity index (χ0v) is 9.89. The Morgan fingerprint density at radius 1 is 1.47 bits per heavy atom. The van der Waals surface area contributed by atoms with Crippen LogP contribution in [0.3, 0.4) is 0 Å². The van der Waals surface area contributed by atoms with E-state index in [4.69, 9.17) is 5.26 Å². The highest BCUT2D eigenvalue weighted by molar-refractivity contribution is 5.94. The maximum absolute atomic E-state index is 12.2. The average molecular weight is 229 g/mol. The molecule has 1 amide bonds. The van der Waals surface area contributed by atoms with Crippen LogP contribution in [0.1, 0.15) is 41.6 Å². The van der Waals surface area contributed by atoms with Crippen LogP contribution < -0.4 is 0 Å². The largest absolute Gasteiger partial charge is 0.339 e. The predicted octanol–water partition coefficient (Wildman–Crippen LogP) is 1.97. The molecule has 0 spiro atoms. The third-order valence-corrected chi connectivity index (χ3v) is 3.31. The number of carbonyl (C=O) groups excluding carboxylic acids is 1. The molecule has 17 heavy (non-hydrogen) atoms. The zero-order valence-electron chi connectivity index (χ0n) is 9.89. The number of amides is 1. The molecular weight excluding hydrogens is 214 g/mol. The molecule has 0 N–H and O–H groups in total. The zero-order chi connectivity index (χ0) is 12.3. The first kappa shape index (κ1) is 11.6. The molecule has 4 nitrogen and oxygen atoms in total. The van der Waals surface area contributed by atoms with Gasteiger partial charge in [-0.3, -0.25) is 9.78 Å². The smallest absolute Gasteiger partial charge is 0.255 e. The highest BCUT2D eigenvalue weighted by atomic mass is 16.2. The van der Waals surface area contributed by atoms with Gasteiger partial charge in [0.2, 0.25) is 0 Å². The van der Waals surface area contributed by atoms with Crippen molar-refractivity contribution in [3.63, 3.8) is 0 Å². The van der Waals surface area contributed by atoms with Crippen molar-refractivity contribution in [2.24, 2.45) is 0 Å². The van der Waals surface area contributed by atoms with Crippen molar-refractivity contribution < 1.29 is 4.79 Å². The lowest BCUT2D eigenvalue weighted by atomic mass is 10.1. The van der Waals surface area contributed by atoms with Crippen LogP contribution in [-0.2, 0) is 0 Å². The van der Waals surface area contributed by atoms with E-state index in [1.807, 2.05) is 13.1 Å². The molecule has 0 radical (unpaired) electrons. The number of hydrogen-bond donors (Lipinski definition) is 0. The summed E-state index contributed by atoms with van der Waals surface area (Å²) in [6.45, 7) is 0. The lowest BCUT2D eigenvalue weighted by molar-refractivity contribution is 0.0734. The number of carbonyl (C=O) groups is 1. The Kier molecular flexibility index (Phi) is 3.38. The van der Waals surface area contributed by atoms with Crippen LogP contribution in [-0.4, -0.2) is 28.9 Å². The van der Waals surface area contributed by atoms with E-state index in [0.29, 0.717) is 17.2 Å². The maximum atomic E-state index is 12.2. The van der Waals surface area contributed by atoms with Gasteiger partial charge in [-0.15, -0.1) is 0 Å². The highest BCUT2D eigenvalue weighted by Gasteiger charge is 2.24. The number of nitrogens with zero attached hydrogens (tertiary/aromatic N) is 3. The van der Waals surface area contributed by atoms with Crippen molar-refractivity contribution >= 4 is 5.91 Å². The molecule has 1 aliphatic rings. The number of hydrogen-bond acceptors (Lipinski definition) is 3. The number of rotatable bonds is 2. The number of pyridine rings is 1. The lowest BCUT2D eigenvalue weighted by Crippen LogP contribution is -2.35. The monoisotopic (exact) mass is 229 g/mol. The molecule has 1 aliphatic carbocycles. The third kappa shape index (κ3) is 2.44. The quantitative estimate of drug-likeness (QED) is 0.779. The van der Waals surface area contributed by atoms with E-state index >= 15 is 0 Å². The molecule has 1 aromatic heterocycles. The number of aromatic nitrogens is 1. The first-order valence-corrected chi connectivity index (χ1v) is 5.84. The highest BCUT2D eigenvalue weighted by Crippen LogP contribution is 2.23. The molecule has 1 saturated carbocycles. The minimum atomic E-state index is -0.0403. The van der Waals surface area contributed by atoms with E-state index in [1.54, 1.807) is 11.0 Å². The summed E-state index contributed by atoms with van der Waals surface area (Å²) >= 11 is 0. The molecule has 1 heterocycles. The third-order valence-electron chi connectivity index (χ3n) is 3.31. The van der Waals surface area contributed by atoms with Crippen molar-refractivity contribution in [2.45, 2.75) is 31.7 Å². The standard InChI is InChI=1S/C13H15N3O/c1-16(12-4-2-3-5-12)13(17)11-6-10(7-14)8-15-9-11/h6,8-9,12H,2-5H2,1H3. The predicted molar refractivity (Wildman–Crippen MR) is 63.3 cm³/mol. The molecule has 0 unspecified atom stereocenters. The van der Waals surface area contributed by atoms with E-state index in [0.717, 1.165) is 12.8 Å². The molecule has 0 aromatic carbocycles. The second-order valence-corrected chi connectivity index (χ2v) is 4.43. The van der Waals surface area contributed by atoms with E-state index < -0.39 is 0 Å². The average Bonchev–Trinajstić information content (AvgIpc) is 2.91. The summed E-state index contributed by atoms with van der Waals surface area (Å²) < 4.78 is 0. The van der Waals surface area contributed by atoms with Gasteiger partial charge in [0.05, 0.1) is 11.1 Å². The fourth-order valence-corrected chi connectivity index (χ4v) is 2.28. The van der Waals surface area contributed by atoms with Crippen molar-refractivity contribution in [1.82, 2.24) is 9.88 Å². The van der Waals surface area contributed by atoms with E-state index in [9.17, 15) is 4.79 Å².